The van der Waals surface area contributed by atoms with Crippen molar-refractivity contribution in [3.8, 4) is 0 Å². The summed E-state index contributed by atoms with van der Waals surface area (Å²) in [5.74, 6) is -0.0948. The molecule has 1 aromatic carbocycles. The second-order valence-corrected chi connectivity index (χ2v) is 9.75. The Hall–Kier alpha value is -0.670. The Morgan fingerprint density at radius 2 is 1.74 bits per heavy atom. The fourth-order valence-electron chi connectivity index (χ4n) is 2.72. The van der Waals surface area contributed by atoms with Gasteiger partial charge in [-0.25, -0.2) is 16.8 Å². The lowest BCUT2D eigenvalue weighted by Crippen LogP contribution is -2.47. The lowest BCUT2D eigenvalue weighted by atomic mass is 10.1. The molecule has 1 fully saturated rings. The number of sulfone groups is 1. The van der Waals surface area contributed by atoms with Crippen molar-refractivity contribution in [2.75, 3.05) is 19.3 Å². The molecular weight excluding hydrogens is 360 g/mol. The molecule has 1 unspecified atom stereocenters. The second kappa shape index (κ2) is 7.94. The Labute approximate surface area is 144 Å². The molecule has 0 aliphatic carbocycles. The van der Waals surface area contributed by atoms with E-state index in [-0.39, 0.29) is 29.1 Å². The fourth-order valence-corrected chi connectivity index (χ4v) is 5.22. The molecule has 1 aliphatic heterocycles. The van der Waals surface area contributed by atoms with Gasteiger partial charge in [0.05, 0.1) is 10.6 Å². The highest BCUT2D eigenvalue weighted by molar-refractivity contribution is 7.90. The largest absolute Gasteiger partial charge is 0.329 e. The minimum atomic E-state index is -3.58. The van der Waals surface area contributed by atoms with Gasteiger partial charge < -0.3 is 5.73 Å². The predicted molar refractivity (Wildman–Crippen MR) is 92.8 cm³/mol. The highest BCUT2D eigenvalue weighted by Crippen LogP contribution is 2.25. The molecule has 1 atom stereocenters. The van der Waals surface area contributed by atoms with Gasteiger partial charge in [-0.05, 0) is 30.5 Å². The Morgan fingerprint density at radius 1 is 1.13 bits per heavy atom. The van der Waals surface area contributed by atoms with Crippen LogP contribution in [-0.2, 0) is 25.6 Å². The molecule has 2 N–H and O–H groups in total. The van der Waals surface area contributed by atoms with Crippen molar-refractivity contribution in [2.45, 2.75) is 36.0 Å². The van der Waals surface area contributed by atoms with Gasteiger partial charge in [-0.3, -0.25) is 0 Å². The first-order valence-corrected chi connectivity index (χ1v) is 10.7. The summed E-state index contributed by atoms with van der Waals surface area (Å²) in [4.78, 5) is 0.185. The van der Waals surface area contributed by atoms with Crippen LogP contribution in [0.15, 0.2) is 29.2 Å². The monoisotopic (exact) mass is 382 g/mol. The van der Waals surface area contributed by atoms with Crippen molar-refractivity contribution in [1.29, 1.82) is 0 Å². The molecule has 0 radical (unpaired) electrons. The minimum absolute atomic E-state index is 0. The molecule has 9 heteroatoms. The van der Waals surface area contributed by atoms with Gasteiger partial charge in [0, 0.05) is 25.4 Å². The molecule has 6 nitrogen and oxygen atoms in total. The molecule has 23 heavy (non-hydrogen) atoms. The molecular formula is C14H23ClN2O4S2. The van der Waals surface area contributed by atoms with Gasteiger partial charge in [-0.15, -0.1) is 12.4 Å². The summed E-state index contributed by atoms with van der Waals surface area (Å²) in [6.45, 7) is 0.792. The molecule has 1 aromatic rings. The summed E-state index contributed by atoms with van der Waals surface area (Å²) in [6, 6.07) is 5.88. The molecule has 2 rings (SSSR count). The van der Waals surface area contributed by atoms with Crippen LogP contribution in [0.3, 0.4) is 0 Å². The fraction of sp³-hybridized carbons (Fsp3) is 0.571. The molecule has 0 aromatic heterocycles. The predicted octanol–water partition coefficient (Wildman–Crippen LogP) is 1.15. The number of piperidine rings is 1. The molecule has 132 valence electrons. The van der Waals surface area contributed by atoms with Crippen LogP contribution in [0.1, 0.15) is 24.8 Å². The zero-order valence-electron chi connectivity index (χ0n) is 13.0. The zero-order chi connectivity index (χ0) is 16.4. The maximum atomic E-state index is 12.7. The maximum absolute atomic E-state index is 12.7. The average Bonchev–Trinajstić information content (AvgIpc) is 2.46. The van der Waals surface area contributed by atoms with E-state index >= 15 is 0 Å². The molecule has 0 spiro atoms. The third-order valence-electron chi connectivity index (χ3n) is 3.80. The van der Waals surface area contributed by atoms with Gasteiger partial charge in [-0.1, -0.05) is 18.6 Å². The van der Waals surface area contributed by atoms with Crippen LogP contribution < -0.4 is 5.73 Å². The summed E-state index contributed by atoms with van der Waals surface area (Å²) < 4.78 is 49.4. The third-order valence-corrected chi connectivity index (χ3v) is 6.63. The number of halogens is 1. The highest BCUT2D eigenvalue weighted by atomic mass is 35.5. The average molecular weight is 383 g/mol. The number of benzene rings is 1. The van der Waals surface area contributed by atoms with Crippen molar-refractivity contribution in [1.82, 2.24) is 4.31 Å². The Kier molecular flexibility index (Phi) is 7.03. The van der Waals surface area contributed by atoms with Crippen LogP contribution in [0.2, 0.25) is 0 Å². The zero-order valence-corrected chi connectivity index (χ0v) is 15.5. The molecule has 0 bridgehead atoms. The van der Waals surface area contributed by atoms with Crippen LogP contribution >= 0.6 is 12.4 Å². The smallest absolute Gasteiger partial charge is 0.243 e. The topological polar surface area (TPSA) is 97.5 Å². The van der Waals surface area contributed by atoms with Gasteiger partial charge in [0.1, 0.15) is 0 Å². The van der Waals surface area contributed by atoms with E-state index in [0.717, 1.165) is 25.5 Å². The van der Waals surface area contributed by atoms with Crippen LogP contribution in [0, 0.1) is 0 Å². The summed E-state index contributed by atoms with van der Waals surface area (Å²) in [5.41, 5.74) is 6.27. The van der Waals surface area contributed by atoms with Crippen molar-refractivity contribution >= 4 is 32.3 Å². The number of sulfonamides is 1. The van der Waals surface area contributed by atoms with E-state index in [1.807, 2.05) is 0 Å². The third kappa shape index (κ3) is 5.15. The second-order valence-electron chi connectivity index (χ2n) is 5.72. The molecule has 1 heterocycles. The summed E-state index contributed by atoms with van der Waals surface area (Å²) in [7, 11) is -6.71. The van der Waals surface area contributed by atoms with E-state index in [2.05, 4.69) is 0 Å². The quantitative estimate of drug-likeness (QED) is 0.823. The number of rotatable bonds is 5. The van der Waals surface area contributed by atoms with Crippen LogP contribution in [0.4, 0.5) is 0 Å². The standard InChI is InChI=1S/C14H22N2O4S2.ClH/c1-21(17,18)11-12-5-7-14(8-6-12)22(19,20)16-9-3-2-4-13(16)10-15;/h5-8,13H,2-4,9-11,15H2,1H3;1H. The van der Waals surface area contributed by atoms with Crippen LogP contribution in [0.5, 0.6) is 0 Å². The van der Waals surface area contributed by atoms with E-state index in [1.165, 1.54) is 16.4 Å². The van der Waals surface area contributed by atoms with E-state index in [4.69, 9.17) is 5.73 Å². The lowest BCUT2D eigenvalue weighted by molar-refractivity contribution is 0.257. The summed E-state index contributed by atoms with van der Waals surface area (Å²) >= 11 is 0. The Balaban J connectivity index is 0.00000264. The molecule has 0 amide bonds. The molecule has 0 saturated carbocycles. The van der Waals surface area contributed by atoms with E-state index in [9.17, 15) is 16.8 Å². The normalized spacial score (nSPS) is 20.0. The van der Waals surface area contributed by atoms with Crippen molar-refractivity contribution in [3.05, 3.63) is 29.8 Å². The molecule has 1 saturated heterocycles. The van der Waals surface area contributed by atoms with E-state index in [1.54, 1.807) is 12.1 Å². The minimum Gasteiger partial charge on any atom is -0.329 e. The van der Waals surface area contributed by atoms with Gasteiger partial charge >= 0.3 is 0 Å². The molecule has 1 aliphatic rings. The van der Waals surface area contributed by atoms with E-state index in [0.29, 0.717) is 18.7 Å². The Morgan fingerprint density at radius 3 is 2.26 bits per heavy atom. The number of nitrogens with zero attached hydrogens (tertiary/aromatic N) is 1. The first kappa shape index (κ1) is 20.4. The maximum Gasteiger partial charge on any atom is 0.243 e. The van der Waals surface area contributed by atoms with Crippen molar-refractivity contribution in [3.63, 3.8) is 0 Å². The van der Waals surface area contributed by atoms with E-state index < -0.39 is 19.9 Å². The summed E-state index contributed by atoms with van der Waals surface area (Å²) in [6.07, 6.45) is 3.75. The van der Waals surface area contributed by atoms with Gasteiger partial charge in [-0.2, -0.15) is 4.31 Å². The SMILES string of the molecule is CS(=O)(=O)Cc1ccc(S(=O)(=O)N2CCCCC2CN)cc1.Cl. The number of hydrogen-bond donors (Lipinski definition) is 1. The van der Waals surface area contributed by atoms with Gasteiger partial charge in [0.15, 0.2) is 9.84 Å². The van der Waals surface area contributed by atoms with Crippen LogP contribution in [0.25, 0.3) is 0 Å². The number of hydrogen-bond acceptors (Lipinski definition) is 5. The van der Waals surface area contributed by atoms with Gasteiger partial charge in [0.25, 0.3) is 0 Å². The van der Waals surface area contributed by atoms with Crippen molar-refractivity contribution < 1.29 is 16.8 Å². The van der Waals surface area contributed by atoms with Gasteiger partial charge in [0.2, 0.25) is 10.0 Å². The number of nitrogens with two attached hydrogens (primary N) is 1. The lowest BCUT2D eigenvalue weighted by Gasteiger charge is -2.33. The van der Waals surface area contributed by atoms with Crippen molar-refractivity contribution in [2.24, 2.45) is 5.73 Å². The first-order valence-electron chi connectivity index (χ1n) is 7.22. The summed E-state index contributed by atoms with van der Waals surface area (Å²) in [5, 5.41) is 0. The highest BCUT2D eigenvalue weighted by Gasteiger charge is 2.32. The Bertz CT molecular complexity index is 718. The van der Waals surface area contributed by atoms with Crippen LogP contribution in [-0.4, -0.2) is 46.5 Å². The first-order chi connectivity index (χ1) is 10.2.